The van der Waals surface area contributed by atoms with Crippen molar-refractivity contribution < 1.29 is 29.3 Å². The van der Waals surface area contributed by atoms with Gasteiger partial charge in [0.2, 0.25) is 0 Å². The van der Waals surface area contributed by atoms with E-state index >= 15 is 0 Å². The normalized spacial score (nSPS) is 13.3. The van der Waals surface area contributed by atoms with Crippen LogP contribution in [0.5, 0.6) is 0 Å². The molecule has 0 fully saturated rings. The van der Waals surface area contributed by atoms with Crippen molar-refractivity contribution in [3.63, 3.8) is 0 Å². The van der Waals surface area contributed by atoms with Gasteiger partial charge in [0.1, 0.15) is 6.04 Å². The second-order valence-electron chi connectivity index (χ2n) is 4.30. The lowest BCUT2D eigenvalue weighted by Gasteiger charge is -2.16. The van der Waals surface area contributed by atoms with Crippen LogP contribution in [0, 0.1) is 0 Å². The molecule has 8 nitrogen and oxygen atoms in total. The smallest absolute Gasteiger partial charge is 0.326 e. The van der Waals surface area contributed by atoms with Gasteiger partial charge in [0, 0.05) is 19.6 Å². The number of carboxylic acids is 2. The Balaban J connectivity index is 4.07. The highest BCUT2D eigenvalue weighted by Gasteiger charge is 2.20. The molecule has 0 rings (SSSR count). The van der Waals surface area contributed by atoms with E-state index in [1.807, 2.05) is 6.92 Å². The first-order valence-corrected chi connectivity index (χ1v) is 6.47. The topological polar surface area (TPSA) is 125 Å². The first-order valence-electron chi connectivity index (χ1n) is 6.47. The fourth-order valence-corrected chi connectivity index (χ4v) is 1.50. The van der Waals surface area contributed by atoms with Crippen LogP contribution >= 0.6 is 0 Å². The minimum Gasteiger partial charge on any atom is -0.481 e. The molecule has 8 heteroatoms. The van der Waals surface area contributed by atoms with Gasteiger partial charge in [-0.05, 0) is 26.7 Å². The van der Waals surface area contributed by atoms with Crippen LogP contribution in [-0.2, 0) is 14.3 Å². The molecule has 0 spiro atoms. The molecule has 2 amide bonds. The van der Waals surface area contributed by atoms with Crippen molar-refractivity contribution in [3.05, 3.63) is 0 Å². The molecule has 0 heterocycles. The first kappa shape index (κ1) is 18.2. The number of hydrogen-bond donors (Lipinski definition) is 4. The van der Waals surface area contributed by atoms with Gasteiger partial charge in [0.15, 0.2) is 0 Å². The lowest BCUT2D eigenvalue weighted by Crippen LogP contribution is -2.47. The molecule has 2 atom stereocenters. The average molecular weight is 290 g/mol. The quantitative estimate of drug-likeness (QED) is 0.462. The monoisotopic (exact) mass is 290 g/mol. The zero-order valence-electron chi connectivity index (χ0n) is 11.7. The SMILES string of the molecule is CCOC(C)CNC(=O)N[C@H](CCCC(=O)O)C(=O)O. The molecule has 0 radical (unpaired) electrons. The van der Waals surface area contributed by atoms with E-state index in [9.17, 15) is 14.4 Å². The van der Waals surface area contributed by atoms with Crippen molar-refractivity contribution in [2.24, 2.45) is 0 Å². The van der Waals surface area contributed by atoms with Crippen LogP contribution < -0.4 is 10.6 Å². The number of carbonyl (C=O) groups is 3. The highest BCUT2D eigenvalue weighted by molar-refractivity contribution is 5.82. The maximum atomic E-state index is 11.5. The number of carbonyl (C=O) groups excluding carboxylic acids is 1. The minimum absolute atomic E-state index is 0.0655. The second kappa shape index (κ2) is 10.0. The summed E-state index contributed by atoms with van der Waals surface area (Å²) in [6, 6.07) is -1.71. The van der Waals surface area contributed by atoms with Crippen LogP contribution in [0.15, 0.2) is 0 Å². The number of ether oxygens (including phenoxy) is 1. The van der Waals surface area contributed by atoms with E-state index in [1.165, 1.54) is 0 Å². The van der Waals surface area contributed by atoms with Gasteiger partial charge in [-0.25, -0.2) is 9.59 Å². The third kappa shape index (κ3) is 9.15. The second-order valence-corrected chi connectivity index (χ2v) is 4.30. The van der Waals surface area contributed by atoms with Crippen molar-refractivity contribution >= 4 is 18.0 Å². The molecule has 20 heavy (non-hydrogen) atoms. The summed E-state index contributed by atoms with van der Waals surface area (Å²) in [7, 11) is 0. The van der Waals surface area contributed by atoms with E-state index in [-0.39, 0.29) is 31.9 Å². The molecule has 0 saturated heterocycles. The van der Waals surface area contributed by atoms with Gasteiger partial charge in [-0.1, -0.05) is 0 Å². The number of amides is 2. The maximum absolute atomic E-state index is 11.5. The number of hydrogen-bond acceptors (Lipinski definition) is 4. The molecular weight excluding hydrogens is 268 g/mol. The predicted octanol–water partition coefficient (Wildman–Crippen LogP) is 0.419. The van der Waals surface area contributed by atoms with Crippen molar-refractivity contribution in [3.8, 4) is 0 Å². The summed E-state index contributed by atoms with van der Waals surface area (Å²) >= 11 is 0. The molecule has 0 aliphatic rings. The number of nitrogens with one attached hydrogen (secondary N) is 2. The average Bonchev–Trinajstić information content (AvgIpc) is 2.35. The minimum atomic E-state index is -1.19. The van der Waals surface area contributed by atoms with Gasteiger partial charge in [0.25, 0.3) is 0 Å². The zero-order chi connectivity index (χ0) is 15.5. The summed E-state index contributed by atoms with van der Waals surface area (Å²) in [6.07, 6.45) is -0.0482. The zero-order valence-corrected chi connectivity index (χ0v) is 11.7. The summed E-state index contributed by atoms with van der Waals surface area (Å²) in [5, 5.41) is 22.2. The lowest BCUT2D eigenvalue weighted by atomic mass is 10.1. The first-order chi connectivity index (χ1) is 9.36. The third-order valence-corrected chi connectivity index (χ3v) is 2.49. The van der Waals surface area contributed by atoms with Crippen LogP contribution in [0.4, 0.5) is 4.79 Å². The van der Waals surface area contributed by atoms with E-state index < -0.39 is 24.0 Å². The van der Waals surface area contributed by atoms with Gasteiger partial charge in [-0.3, -0.25) is 4.79 Å². The van der Waals surface area contributed by atoms with Crippen LogP contribution in [0.2, 0.25) is 0 Å². The Morgan fingerprint density at radius 3 is 2.40 bits per heavy atom. The molecule has 4 N–H and O–H groups in total. The molecule has 0 bridgehead atoms. The molecule has 0 aliphatic heterocycles. The summed E-state index contributed by atoms with van der Waals surface area (Å²) in [5.41, 5.74) is 0. The van der Waals surface area contributed by atoms with Crippen molar-refractivity contribution in [2.45, 2.75) is 45.3 Å². The Hall–Kier alpha value is -1.83. The van der Waals surface area contributed by atoms with Gasteiger partial charge >= 0.3 is 18.0 Å². The standard InChI is InChI=1S/C12H22N2O6/c1-3-20-8(2)7-13-12(19)14-9(11(17)18)5-4-6-10(15)16/h8-9H,3-7H2,1-2H3,(H,15,16)(H,17,18)(H2,13,14,19)/t8?,9-/m1/s1. The number of carboxylic acid groups (broad SMARTS) is 2. The van der Waals surface area contributed by atoms with E-state index in [2.05, 4.69) is 10.6 Å². The van der Waals surface area contributed by atoms with Gasteiger partial charge in [-0.15, -0.1) is 0 Å². The molecular formula is C12H22N2O6. The molecule has 0 aromatic carbocycles. The van der Waals surface area contributed by atoms with Crippen LogP contribution in [0.25, 0.3) is 0 Å². The number of rotatable bonds is 10. The number of aliphatic carboxylic acids is 2. The Bertz CT molecular complexity index is 334. The lowest BCUT2D eigenvalue weighted by molar-refractivity contribution is -0.140. The number of urea groups is 1. The third-order valence-electron chi connectivity index (χ3n) is 2.49. The summed E-state index contributed by atoms with van der Waals surface area (Å²) in [5.74, 6) is -2.19. The highest BCUT2D eigenvalue weighted by Crippen LogP contribution is 2.01. The molecule has 1 unspecified atom stereocenters. The summed E-state index contributed by atoms with van der Waals surface area (Å²) < 4.78 is 5.21. The predicted molar refractivity (Wildman–Crippen MR) is 70.5 cm³/mol. The van der Waals surface area contributed by atoms with Crippen LogP contribution in [0.1, 0.15) is 33.1 Å². The highest BCUT2D eigenvalue weighted by atomic mass is 16.5. The molecule has 0 aromatic heterocycles. The van der Waals surface area contributed by atoms with E-state index in [0.717, 1.165) is 0 Å². The van der Waals surface area contributed by atoms with E-state index in [4.69, 9.17) is 14.9 Å². The van der Waals surface area contributed by atoms with E-state index in [1.54, 1.807) is 6.92 Å². The fourth-order valence-electron chi connectivity index (χ4n) is 1.50. The van der Waals surface area contributed by atoms with Gasteiger partial charge in [0.05, 0.1) is 6.10 Å². The summed E-state index contributed by atoms with van der Waals surface area (Å²) in [6.45, 7) is 4.41. The van der Waals surface area contributed by atoms with Crippen molar-refractivity contribution in [2.75, 3.05) is 13.2 Å². The Kier molecular flexibility index (Phi) is 9.10. The largest absolute Gasteiger partial charge is 0.481 e. The van der Waals surface area contributed by atoms with Gasteiger partial charge in [-0.2, -0.15) is 0 Å². The van der Waals surface area contributed by atoms with Crippen LogP contribution in [-0.4, -0.2) is 53.5 Å². The van der Waals surface area contributed by atoms with Gasteiger partial charge < -0.3 is 25.6 Å². The van der Waals surface area contributed by atoms with Crippen molar-refractivity contribution in [1.82, 2.24) is 10.6 Å². The van der Waals surface area contributed by atoms with Crippen LogP contribution in [0.3, 0.4) is 0 Å². The van der Waals surface area contributed by atoms with E-state index in [0.29, 0.717) is 6.61 Å². The fraction of sp³-hybridized carbons (Fsp3) is 0.750. The Labute approximate surface area is 117 Å². The van der Waals surface area contributed by atoms with Crippen molar-refractivity contribution in [1.29, 1.82) is 0 Å². The summed E-state index contributed by atoms with van der Waals surface area (Å²) in [4.78, 5) is 32.8. The Morgan fingerprint density at radius 2 is 1.90 bits per heavy atom. The molecule has 0 aliphatic carbocycles. The maximum Gasteiger partial charge on any atom is 0.326 e. The molecule has 116 valence electrons. The molecule has 0 aromatic rings. The Morgan fingerprint density at radius 1 is 1.25 bits per heavy atom. The molecule has 0 saturated carbocycles.